The molecule has 26 heavy (non-hydrogen) atoms. The molecule has 1 amide bonds. The number of rotatable bonds is 6. The minimum atomic E-state index is -0.330. The largest absolute Gasteiger partial charge is 0.480 e. The third-order valence-corrected chi connectivity index (χ3v) is 4.87. The molecule has 2 aromatic heterocycles. The Balaban J connectivity index is 1.77. The van der Waals surface area contributed by atoms with Gasteiger partial charge in [0, 0.05) is 26.2 Å². The second-order valence-corrected chi connectivity index (χ2v) is 6.73. The van der Waals surface area contributed by atoms with E-state index in [2.05, 4.69) is 37.3 Å². The number of likely N-dealkylation sites (N-methyl/N-ethyl adjacent to an activating group) is 1. The monoisotopic (exact) mass is 379 g/mol. The van der Waals surface area contributed by atoms with E-state index in [0.717, 1.165) is 26.2 Å². The van der Waals surface area contributed by atoms with Gasteiger partial charge in [0.25, 0.3) is 0 Å². The fraction of sp³-hybridized carbons (Fsp3) is 0.467. The number of carbonyl (C=O) groups is 1. The SMILES string of the molecule is COc1nc(N2CCN(C)CC2)ncc1Sc1oncc1NC(=O)CN. The lowest BCUT2D eigenvalue weighted by Crippen LogP contribution is -2.45. The maximum absolute atomic E-state index is 11.5. The van der Waals surface area contributed by atoms with Crippen molar-refractivity contribution < 1.29 is 14.1 Å². The summed E-state index contributed by atoms with van der Waals surface area (Å²) in [5.41, 5.74) is 5.76. The Labute approximate surface area is 155 Å². The second kappa shape index (κ2) is 8.34. The number of amides is 1. The summed E-state index contributed by atoms with van der Waals surface area (Å²) in [6.07, 6.45) is 3.10. The van der Waals surface area contributed by atoms with Crippen molar-refractivity contribution in [2.75, 3.05) is 57.1 Å². The summed E-state index contributed by atoms with van der Waals surface area (Å²) in [4.78, 5) is 25.5. The highest BCUT2D eigenvalue weighted by molar-refractivity contribution is 7.99. The molecular weight excluding hydrogens is 358 g/mol. The summed E-state index contributed by atoms with van der Waals surface area (Å²) in [6, 6.07) is 0. The highest BCUT2D eigenvalue weighted by atomic mass is 32.2. The molecule has 10 nitrogen and oxygen atoms in total. The van der Waals surface area contributed by atoms with Crippen LogP contribution in [0.25, 0.3) is 0 Å². The third-order valence-electron chi connectivity index (χ3n) is 3.89. The average molecular weight is 379 g/mol. The van der Waals surface area contributed by atoms with E-state index >= 15 is 0 Å². The van der Waals surface area contributed by atoms with E-state index in [1.165, 1.54) is 18.0 Å². The molecule has 3 heterocycles. The fourth-order valence-corrected chi connectivity index (χ4v) is 3.22. The topological polar surface area (TPSA) is 123 Å². The van der Waals surface area contributed by atoms with Crippen LogP contribution in [0, 0.1) is 0 Å². The molecule has 0 bridgehead atoms. The second-order valence-electron chi connectivity index (χ2n) is 5.72. The normalized spacial score (nSPS) is 15.1. The quantitative estimate of drug-likeness (QED) is 0.723. The van der Waals surface area contributed by atoms with Gasteiger partial charge in [-0.2, -0.15) is 4.98 Å². The summed E-state index contributed by atoms with van der Waals surface area (Å²) >= 11 is 1.22. The molecule has 1 fully saturated rings. The highest BCUT2D eigenvalue weighted by Crippen LogP contribution is 2.37. The van der Waals surface area contributed by atoms with Gasteiger partial charge >= 0.3 is 0 Å². The van der Waals surface area contributed by atoms with Crippen LogP contribution in [0.15, 0.2) is 26.9 Å². The molecule has 2 aromatic rings. The van der Waals surface area contributed by atoms with Crippen LogP contribution in [0.2, 0.25) is 0 Å². The average Bonchev–Trinajstić information content (AvgIpc) is 3.09. The lowest BCUT2D eigenvalue weighted by atomic mass is 10.3. The van der Waals surface area contributed by atoms with Crippen molar-refractivity contribution in [1.29, 1.82) is 0 Å². The van der Waals surface area contributed by atoms with E-state index in [0.29, 0.717) is 27.5 Å². The van der Waals surface area contributed by atoms with Crippen LogP contribution in [0.5, 0.6) is 5.88 Å². The Morgan fingerprint density at radius 3 is 2.85 bits per heavy atom. The number of nitrogens with zero attached hydrogens (tertiary/aromatic N) is 5. The van der Waals surface area contributed by atoms with Gasteiger partial charge in [-0.1, -0.05) is 5.16 Å². The van der Waals surface area contributed by atoms with E-state index in [1.54, 1.807) is 13.3 Å². The van der Waals surface area contributed by atoms with Gasteiger partial charge in [0.1, 0.15) is 5.69 Å². The number of nitrogens with one attached hydrogen (secondary N) is 1. The Morgan fingerprint density at radius 2 is 2.15 bits per heavy atom. The van der Waals surface area contributed by atoms with Crippen molar-refractivity contribution in [2.45, 2.75) is 9.99 Å². The first-order valence-electron chi connectivity index (χ1n) is 8.07. The first kappa shape index (κ1) is 18.4. The van der Waals surface area contributed by atoms with E-state index < -0.39 is 0 Å². The van der Waals surface area contributed by atoms with E-state index in [9.17, 15) is 4.79 Å². The van der Waals surface area contributed by atoms with Crippen LogP contribution in [0.3, 0.4) is 0 Å². The number of ether oxygens (including phenoxy) is 1. The van der Waals surface area contributed by atoms with Crippen molar-refractivity contribution in [1.82, 2.24) is 20.0 Å². The molecule has 11 heteroatoms. The Morgan fingerprint density at radius 1 is 1.38 bits per heavy atom. The van der Waals surface area contributed by atoms with Gasteiger partial charge in [-0.15, -0.1) is 0 Å². The van der Waals surface area contributed by atoms with Gasteiger partial charge in [0.2, 0.25) is 22.8 Å². The van der Waals surface area contributed by atoms with Crippen LogP contribution in [-0.2, 0) is 4.79 Å². The van der Waals surface area contributed by atoms with Crippen LogP contribution >= 0.6 is 11.8 Å². The van der Waals surface area contributed by atoms with Crippen molar-refractivity contribution in [3.05, 3.63) is 12.4 Å². The van der Waals surface area contributed by atoms with Gasteiger partial charge in [-0.05, 0) is 18.8 Å². The maximum Gasteiger partial charge on any atom is 0.238 e. The number of hydrogen-bond donors (Lipinski definition) is 2. The van der Waals surface area contributed by atoms with E-state index in [4.69, 9.17) is 15.0 Å². The molecule has 1 saturated heterocycles. The number of nitrogens with two attached hydrogens (primary N) is 1. The number of hydrogen-bond acceptors (Lipinski definition) is 10. The zero-order valence-corrected chi connectivity index (χ0v) is 15.5. The molecule has 0 aliphatic carbocycles. The van der Waals surface area contributed by atoms with Crippen molar-refractivity contribution in [3.63, 3.8) is 0 Å². The lowest BCUT2D eigenvalue weighted by Gasteiger charge is -2.32. The highest BCUT2D eigenvalue weighted by Gasteiger charge is 2.20. The summed E-state index contributed by atoms with van der Waals surface area (Å²) < 4.78 is 10.6. The summed E-state index contributed by atoms with van der Waals surface area (Å²) in [7, 11) is 3.65. The van der Waals surface area contributed by atoms with E-state index in [-0.39, 0.29) is 12.5 Å². The molecule has 1 aliphatic heterocycles. The first-order valence-corrected chi connectivity index (χ1v) is 8.89. The molecule has 3 rings (SSSR count). The van der Waals surface area contributed by atoms with Gasteiger partial charge in [-0.3, -0.25) is 4.79 Å². The zero-order valence-electron chi connectivity index (χ0n) is 14.6. The van der Waals surface area contributed by atoms with Crippen molar-refractivity contribution in [3.8, 4) is 5.88 Å². The zero-order chi connectivity index (χ0) is 18.5. The number of anilines is 2. The van der Waals surface area contributed by atoms with Crippen LogP contribution in [0.1, 0.15) is 0 Å². The molecule has 0 unspecified atom stereocenters. The van der Waals surface area contributed by atoms with Gasteiger partial charge in [0.15, 0.2) is 0 Å². The number of piperazine rings is 1. The summed E-state index contributed by atoms with van der Waals surface area (Å²) in [5.74, 6) is 0.739. The third kappa shape index (κ3) is 4.23. The number of aromatic nitrogens is 3. The fourth-order valence-electron chi connectivity index (χ4n) is 2.41. The molecule has 3 N–H and O–H groups in total. The smallest absolute Gasteiger partial charge is 0.238 e. The minimum absolute atomic E-state index is 0.124. The first-order chi connectivity index (χ1) is 12.6. The molecular formula is C15H21N7O3S. The molecule has 0 spiro atoms. The van der Waals surface area contributed by atoms with Crippen molar-refractivity contribution >= 4 is 29.3 Å². The Kier molecular flexibility index (Phi) is 5.91. The molecule has 140 valence electrons. The maximum atomic E-state index is 11.5. The van der Waals surface area contributed by atoms with Gasteiger partial charge < -0.3 is 30.1 Å². The molecule has 1 aliphatic rings. The number of methoxy groups -OCH3 is 1. The summed E-state index contributed by atoms with van der Waals surface area (Å²) in [6.45, 7) is 3.53. The standard InChI is InChI=1S/C15H21N7O3S/c1-21-3-5-22(6-4-21)15-17-9-11(13(20-15)24-2)26-14-10(8-18-25-14)19-12(23)7-16/h8-9H,3-7,16H2,1-2H3,(H,19,23). The number of carbonyl (C=O) groups excluding carboxylic acids is 1. The predicted octanol–water partition coefficient (Wildman–Crippen LogP) is 0.273. The minimum Gasteiger partial charge on any atom is -0.480 e. The lowest BCUT2D eigenvalue weighted by molar-refractivity contribution is -0.114. The summed E-state index contributed by atoms with van der Waals surface area (Å²) in [5, 5.41) is 6.75. The van der Waals surface area contributed by atoms with Crippen LogP contribution < -0.4 is 20.7 Å². The molecule has 0 atom stereocenters. The Bertz CT molecular complexity index is 761. The van der Waals surface area contributed by atoms with Crippen LogP contribution in [0.4, 0.5) is 11.6 Å². The van der Waals surface area contributed by atoms with Gasteiger partial charge in [-0.25, -0.2) is 4.98 Å². The molecule has 0 aromatic carbocycles. The molecule has 0 saturated carbocycles. The van der Waals surface area contributed by atoms with E-state index in [1.807, 2.05) is 0 Å². The molecule has 0 radical (unpaired) electrons. The van der Waals surface area contributed by atoms with Crippen molar-refractivity contribution in [2.24, 2.45) is 5.73 Å². The van der Waals surface area contributed by atoms with Crippen LogP contribution in [-0.4, -0.2) is 72.8 Å². The Hall–Kier alpha value is -2.37. The predicted molar refractivity (Wildman–Crippen MR) is 96.6 cm³/mol. The van der Waals surface area contributed by atoms with Gasteiger partial charge in [0.05, 0.1) is 30.9 Å².